The molecule has 1 nitrogen and oxygen atoms in total. The second-order valence-electron chi connectivity index (χ2n) is 9.52. The highest BCUT2D eigenvalue weighted by Crippen LogP contribution is 2.39. The lowest BCUT2D eigenvalue weighted by atomic mass is 9.82. The molecule has 0 amide bonds. The predicted molar refractivity (Wildman–Crippen MR) is 117 cm³/mol. The van der Waals surface area contributed by atoms with Crippen LogP contribution in [0, 0.1) is 18.9 Å². The SMILES string of the molecule is C=[N+]1C=C([Si](C)(C)C)C(CC(C)C)=C[C-]1c1c(C)ccc2c1CCCC2. The number of allylic oxidation sites excluding steroid dienone is 2. The smallest absolute Gasteiger partial charge is 0.147 e. The van der Waals surface area contributed by atoms with Gasteiger partial charge in [-0.1, -0.05) is 81.2 Å². The standard InChI is InChI=1S/C24H35NSi/c1-17(2)14-20-15-22(25(4)16-23(20)26(5,6)7)24-18(3)12-13-19-10-8-9-11-21(19)24/h12-13,15-17H,4,8-11,14H2,1-3,5-7H3. The molecule has 0 fully saturated rings. The van der Waals surface area contributed by atoms with Crippen LogP contribution in [-0.4, -0.2) is 19.4 Å². The van der Waals surface area contributed by atoms with Crippen molar-refractivity contribution in [3.8, 4) is 0 Å². The maximum absolute atomic E-state index is 4.42. The lowest BCUT2D eigenvalue weighted by Gasteiger charge is -2.34. The highest BCUT2D eigenvalue weighted by atomic mass is 28.3. The molecule has 2 aliphatic rings. The number of benzene rings is 1. The summed E-state index contributed by atoms with van der Waals surface area (Å²) in [6.45, 7) is 18.7. The molecule has 0 radical (unpaired) electrons. The van der Waals surface area contributed by atoms with E-state index >= 15 is 0 Å². The van der Waals surface area contributed by atoms with E-state index in [-0.39, 0.29) is 0 Å². The predicted octanol–water partition coefficient (Wildman–Crippen LogP) is 6.21. The van der Waals surface area contributed by atoms with Gasteiger partial charge < -0.3 is 0 Å². The summed E-state index contributed by atoms with van der Waals surface area (Å²) >= 11 is 0. The van der Waals surface area contributed by atoms with Crippen LogP contribution in [0.15, 0.2) is 35.2 Å². The molecule has 1 aromatic rings. The van der Waals surface area contributed by atoms with Crippen LogP contribution >= 0.6 is 0 Å². The average molecular weight is 366 g/mol. The molecule has 0 atom stereocenters. The highest BCUT2D eigenvalue weighted by Gasteiger charge is 2.31. The van der Waals surface area contributed by atoms with Crippen molar-refractivity contribution in [2.75, 3.05) is 0 Å². The van der Waals surface area contributed by atoms with Gasteiger partial charge in [-0.2, -0.15) is 0 Å². The molecule has 3 rings (SSSR count). The van der Waals surface area contributed by atoms with Gasteiger partial charge in [-0.3, -0.25) is 4.58 Å². The second kappa shape index (κ2) is 7.23. The highest BCUT2D eigenvalue weighted by molar-refractivity contribution is 6.84. The Kier molecular flexibility index (Phi) is 5.34. The molecule has 0 spiro atoms. The topological polar surface area (TPSA) is 3.01 Å². The number of aryl methyl sites for hydroxylation is 2. The van der Waals surface area contributed by atoms with E-state index in [0.29, 0.717) is 5.92 Å². The Balaban J connectivity index is 2.11. The van der Waals surface area contributed by atoms with Gasteiger partial charge in [0.05, 0.1) is 14.8 Å². The molecule has 140 valence electrons. The maximum atomic E-state index is 4.42. The number of rotatable bonds is 4. The van der Waals surface area contributed by atoms with E-state index in [9.17, 15) is 0 Å². The van der Waals surface area contributed by atoms with Crippen LogP contribution < -0.4 is 0 Å². The summed E-state index contributed by atoms with van der Waals surface area (Å²) in [5.74, 6) is 0.671. The first-order valence-corrected chi connectivity index (χ1v) is 13.7. The fraction of sp³-hybridized carbons (Fsp3) is 0.500. The van der Waals surface area contributed by atoms with Crippen LogP contribution in [-0.2, 0) is 12.8 Å². The zero-order valence-electron chi connectivity index (χ0n) is 17.6. The van der Waals surface area contributed by atoms with E-state index in [0.717, 1.165) is 6.42 Å². The Hall–Kier alpha value is -1.54. The maximum Gasteiger partial charge on any atom is 0.147 e. The van der Waals surface area contributed by atoms with E-state index in [1.807, 2.05) is 0 Å². The van der Waals surface area contributed by atoms with Crippen LogP contribution in [0.5, 0.6) is 0 Å². The number of hydrogen-bond donors (Lipinski definition) is 0. The minimum absolute atomic E-state index is 0.671. The van der Waals surface area contributed by atoms with E-state index < -0.39 is 8.07 Å². The Labute approximate surface area is 161 Å². The zero-order valence-corrected chi connectivity index (χ0v) is 18.6. The molecule has 0 unspecified atom stereocenters. The fourth-order valence-electron chi connectivity index (χ4n) is 4.44. The first-order valence-electron chi connectivity index (χ1n) is 10.2. The van der Waals surface area contributed by atoms with Gasteiger partial charge in [0.15, 0.2) is 0 Å². The van der Waals surface area contributed by atoms with E-state index in [1.54, 1.807) is 21.9 Å². The van der Waals surface area contributed by atoms with E-state index in [2.05, 4.69) is 76.1 Å². The number of hydrogen-bond acceptors (Lipinski definition) is 0. The van der Waals surface area contributed by atoms with Crippen molar-refractivity contribution < 1.29 is 4.58 Å². The zero-order chi connectivity index (χ0) is 19.1. The van der Waals surface area contributed by atoms with E-state index in [4.69, 9.17) is 0 Å². The first-order chi connectivity index (χ1) is 12.2. The van der Waals surface area contributed by atoms with Gasteiger partial charge in [-0.25, -0.2) is 0 Å². The molecule has 0 saturated carbocycles. The Bertz CT molecular complexity index is 774. The van der Waals surface area contributed by atoms with Gasteiger partial charge in [-0.15, -0.1) is 0 Å². The van der Waals surface area contributed by atoms with Crippen LogP contribution in [0.25, 0.3) is 0 Å². The van der Waals surface area contributed by atoms with Crippen molar-refractivity contribution in [3.63, 3.8) is 0 Å². The third-order valence-corrected chi connectivity index (χ3v) is 7.75. The molecule has 0 bridgehead atoms. The van der Waals surface area contributed by atoms with Crippen LogP contribution in [0.1, 0.15) is 55.4 Å². The first kappa shape index (κ1) is 19.2. The molecule has 26 heavy (non-hydrogen) atoms. The van der Waals surface area contributed by atoms with Crippen molar-refractivity contribution in [2.45, 2.75) is 72.5 Å². The average Bonchev–Trinajstić information content (AvgIpc) is 2.55. The monoisotopic (exact) mass is 365 g/mol. The quantitative estimate of drug-likeness (QED) is 0.339. The summed E-state index contributed by atoms with van der Waals surface area (Å²) in [5.41, 5.74) is 7.51. The molecule has 0 aromatic heterocycles. The van der Waals surface area contributed by atoms with Crippen molar-refractivity contribution in [2.24, 2.45) is 5.92 Å². The van der Waals surface area contributed by atoms with Crippen molar-refractivity contribution in [1.29, 1.82) is 0 Å². The van der Waals surface area contributed by atoms with Gasteiger partial charge in [0.1, 0.15) is 12.2 Å². The Morgan fingerprint density at radius 2 is 1.85 bits per heavy atom. The van der Waals surface area contributed by atoms with Crippen LogP contribution in [0.3, 0.4) is 0 Å². The normalized spacial score (nSPS) is 18.0. The van der Waals surface area contributed by atoms with Gasteiger partial charge in [0.2, 0.25) is 0 Å². The summed E-state index contributed by atoms with van der Waals surface area (Å²) in [6, 6.07) is 5.97. The minimum Gasteiger partial charge on any atom is -0.255 e. The molecule has 1 aliphatic carbocycles. The summed E-state index contributed by atoms with van der Waals surface area (Å²) < 4.78 is 2.16. The minimum atomic E-state index is -1.40. The van der Waals surface area contributed by atoms with E-state index in [1.165, 1.54) is 42.9 Å². The third kappa shape index (κ3) is 3.76. The summed E-state index contributed by atoms with van der Waals surface area (Å²) in [4.78, 5) is 0. The van der Waals surface area contributed by atoms with Gasteiger partial charge in [-0.05, 0) is 48.4 Å². The molecule has 1 aliphatic heterocycles. The van der Waals surface area contributed by atoms with Gasteiger partial charge in [0, 0.05) is 0 Å². The van der Waals surface area contributed by atoms with Crippen molar-refractivity contribution >= 4 is 14.8 Å². The molecular formula is C24H35NSi. The lowest BCUT2D eigenvalue weighted by Crippen LogP contribution is -2.31. The Morgan fingerprint density at radius 1 is 1.15 bits per heavy atom. The summed E-state index contributed by atoms with van der Waals surface area (Å²) in [7, 11) is -1.40. The van der Waals surface area contributed by atoms with Gasteiger partial charge in [0.25, 0.3) is 0 Å². The largest absolute Gasteiger partial charge is 0.255 e. The van der Waals surface area contributed by atoms with Crippen LogP contribution in [0.4, 0.5) is 0 Å². The number of fused-ring (bicyclic) bond motifs is 1. The van der Waals surface area contributed by atoms with Crippen molar-refractivity contribution in [3.05, 3.63) is 63.5 Å². The second-order valence-corrected chi connectivity index (χ2v) is 14.6. The molecule has 2 heteroatoms. The Morgan fingerprint density at radius 3 is 2.50 bits per heavy atom. The molecular weight excluding hydrogens is 330 g/mol. The van der Waals surface area contributed by atoms with Crippen molar-refractivity contribution in [1.82, 2.24) is 0 Å². The summed E-state index contributed by atoms with van der Waals surface area (Å²) in [6.07, 6.45) is 11.0. The number of nitrogens with zero attached hydrogens (tertiary/aromatic N) is 1. The molecule has 1 heterocycles. The molecule has 0 N–H and O–H groups in total. The fourth-order valence-corrected chi connectivity index (χ4v) is 6.12. The van der Waals surface area contributed by atoms with Crippen LogP contribution in [0.2, 0.25) is 19.6 Å². The third-order valence-electron chi connectivity index (χ3n) is 5.68. The lowest BCUT2D eigenvalue weighted by molar-refractivity contribution is -0.418. The molecule has 1 aromatic carbocycles. The van der Waals surface area contributed by atoms with Gasteiger partial charge >= 0.3 is 0 Å². The summed E-state index contributed by atoms with van der Waals surface area (Å²) in [5, 5.41) is 1.56. The molecule has 0 saturated heterocycles.